The van der Waals surface area contributed by atoms with Crippen LogP contribution in [0.25, 0.3) is 5.52 Å². The molecule has 3 heteroatoms. The Bertz CT molecular complexity index is 523. The van der Waals surface area contributed by atoms with Gasteiger partial charge in [0.15, 0.2) is 0 Å². The molecule has 16 heavy (non-hydrogen) atoms. The monoisotopic (exact) mass is 215 g/mol. The van der Waals surface area contributed by atoms with Gasteiger partial charge in [-0.2, -0.15) is 0 Å². The van der Waals surface area contributed by atoms with Crippen molar-refractivity contribution < 1.29 is 0 Å². The molecule has 1 aliphatic carbocycles. The zero-order valence-corrected chi connectivity index (χ0v) is 9.61. The van der Waals surface area contributed by atoms with Crippen LogP contribution < -0.4 is 5.73 Å². The Morgan fingerprint density at radius 1 is 1.44 bits per heavy atom. The van der Waals surface area contributed by atoms with E-state index in [4.69, 9.17) is 10.7 Å². The van der Waals surface area contributed by atoms with E-state index in [1.165, 1.54) is 36.3 Å². The lowest BCUT2D eigenvalue weighted by molar-refractivity contribution is 0.399. The summed E-state index contributed by atoms with van der Waals surface area (Å²) in [7, 11) is 0. The maximum Gasteiger partial charge on any atom is 0.116 e. The number of nitrogens with zero attached hydrogens (tertiary/aromatic N) is 2. The highest BCUT2D eigenvalue weighted by Gasteiger charge is 2.25. The van der Waals surface area contributed by atoms with Crippen LogP contribution >= 0.6 is 0 Å². The molecular formula is C13H17N3. The summed E-state index contributed by atoms with van der Waals surface area (Å²) in [5.41, 5.74) is 9.24. The second-order valence-electron chi connectivity index (χ2n) is 4.64. The van der Waals surface area contributed by atoms with Gasteiger partial charge in [0.1, 0.15) is 5.82 Å². The van der Waals surface area contributed by atoms with Crippen molar-refractivity contribution in [3.8, 4) is 0 Å². The molecule has 0 saturated heterocycles. The van der Waals surface area contributed by atoms with Crippen LogP contribution in [-0.4, -0.2) is 9.38 Å². The number of hydrogen-bond donors (Lipinski definition) is 1. The molecule has 2 heterocycles. The lowest BCUT2D eigenvalue weighted by Gasteiger charge is -2.24. The van der Waals surface area contributed by atoms with Gasteiger partial charge in [0, 0.05) is 18.2 Å². The van der Waals surface area contributed by atoms with Crippen LogP contribution in [0.4, 0.5) is 0 Å². The predicted molar refractivity (Wildman–Crippen MR) is 64.4 cm³/mol. The molecule has 0 bridgehead atoms. The van der Waals surface area contributed by atoms with Crippen LogP contribution in [0.1, 0.15) is 42.4 Å². The Hall–Kier alpha value is -1.35. The fourth-order valence-corrected chi connectivity index (χ4v) is 2.48. The van der Waals surface area contributed by atoms with E-state index >= 15 is 0 Å². The molecule has 0 unspecified atom stereocenters. The van der Waals surface area contributed by atoms with Crippen molar-refractivity contribution in [1.29, 1.82) is 0 Å². The van der Waals surface area contributed by atoms with Crippen LogP contribution in [-0.2, 0) is 6.54 Å². The highest BCUT2D eigenvalue weighted by molar-refractivity contribution is 5.54. The lowest BCUT2D eigenvalue weighted by Crippen LogP contribution is -2.13. The van der Waals surface area contributed by atoms with Gasteiger partial charge < -0.3 is 10.1 Å². The molecule has 0 spiro atoms. The second kappa shape index (κ2) is 3.59. The first-order valence-electron chi connectivity index (χ1n) is 5.98. The SMILES string of the molecule is Cc1cccc2c(CN)nc(C3CCC3)n12. The zero-order valence-electron chi connectivity index (χ0n) is 9.61. The van der Waals surface area contributed by atoms with E-state index < -0.39 is 0 Å². The summed E-state index contributed by atoms with van der Waals surface area (Å²) < 4.78 is 2.28. The Labute approximate surface area is 95.3 Å². The van der Waals surface area contributed by atoms with E-state index in [1.54, 1.807) is 0 Å². The summed E-state index contributed by atoms with van der Waals surface area (Å²) in [4.78, 5) is 4.73. The van der Waals surface area contributed by atoms with Crippen molar-refractivity contribution in [2.24, 2.45) is 5.73 Å². The van der Waals surface area contributed by atoms with E-state index in [0.29, 0.717) is 12.5 Å². The van der Waals surface area contributed by atoms with Crippen LogP contribution in [0.2, 0.25) is 0 Å². The van der Waals surface area contributed by atoms with Gasteiger partial charge >= 0.3 is 0 Å². The summed E-state index contributed by atoms with van der Waals surface area (Å²) in [5.74, 6) is 1.87. The minimum atomic E-state index is 0.527. The van der Waals surface area contributed by atoms with Crippen LogP contribution in [0.15, 0.2) is 18.2 Å². The normalized spacial score (nSPS) is 16.6. The average Bonchev–Trinajstić information content (AvgIpc) is 2.56. The molecule has 1 aliphatic rings. The number of pyridine rings is 1. The number of aryl methyl sites for hydroxylation is 1. The van der Waals surface area contributed by atoms with E-state index in [0.717, 1.165) is 5.69 Å². The largest absolute Gasteiger partial charge is 0.325 e. The number of aromatic nitrogens is 2. The van der Waals surface area contributed by atoms with Crippen LogP contribution in [0.3, 0.4) is 0 Å². The molecule has 0 radical (unpaired) electrons. The topological polar surface area (TPSA) is 43.3 Å². The number of fused-ring (bicyclic) bond motifs is 1. The van der Waals surface area contributed by atoms with Gasteiger partial charge in [-0.1, -0.05) is 12.5 Å². The van der Waals surface area contributed by atoms with Gasteiger partial charge in [0.05, 0.1) is 11.2 Å². The minimum Gasteiger partial charge on any atom is -0.325 e. The molecule has 2 aromatic rings. The Kier molecular flexibility index (Phi) is 2.21. The quantitative estimate of drug-likeness (QED) is 0.835. The second-order valence-corrected chi connectivity index (χ2v) is 4.64. The first kappa shape index (κ1) is 9.85. The van der Waals surface area contributed by atoms with Gasteiger partial charge in [-0.3, -0.25) is 0 Å². The third kappa shape index (κ3) is 1.28. The zero-order chi connectivity index (χ0) is 11.1. The average molecular weight is 215 g/mol. The molecule has 2 N–H and O–H groups in total. The number of imidazole rings is 1. The van der Waals surface area contributed by atoms with E-state index in [9.17, 15) is 0 Å². The Balaban J connectivity index is 2.26. The number of rotatable bonds is 2. The van der Waals surface area contributed by atoms with Crippen LogP contribution in [0, 0.1) is 6.92 Å². The molecule has 84 valence electrons. The van der Waals surface area contributed by atoms with Crippen molar-refractivity contribution in [2.45, 2.75) is 38.6 Å². The smallest absolute Gasteiger partial charge is 0.116 e. The highest BCUT2D eigenvalue weighted by Crippen LogP contribution is 2.36. The van der Waals surface area contributed by atoms with Gasteiger partial charge in [-0.25, -0.2) is 4.98 Å². The maximum atomic E-state index is 5.76. The van der Waals surface area contributed by atoms with E-state index in [-0.39, 0.29) is 0 Å². The molecule has 1 fully saturated rings. The lowest BCUT2D eigenvalue weighted by atomic mass is 9.85. The minimum absolute atomic E-state index is 0.527. The summed E-state index contributed by atoms with van der Waals surface area (Å²) in [6.45, 7) is 2.66. The standard InChI is InChI=1S/C13H17N3/c1-9-4-2-7-12-11(8-14)15-13(16(9)12)10-5-3-6-10/h2,4,7,10H,3,5-6,8,14H2,1H3. The van der Waals surface area contributed by atoms with Crippen LogP contribution in [0.5, 0.6) is 0 Å². The number of hydrogen-bond acceptors (Lipinski definition) is 2. The van der Waals surface area contributed by atoms with Gasteiger partial charge in [-0.15, -0.1) is 0 Å². The first-order valence-corrected chi connectivity index (χ1v) is 5.98. The summed E-state index contributed by atoms with van der Waals surface area (Å²) >= 11 is 0. The predicted octanol–water partition coefficient (Wildman–Crippen LogP) is 2.37. The van der Waals surface area contributed by atoms with Gasteiger partial charge in [-0.05, 0) is 31.9 Å². The third-order valence-corrected chi connectivity index (χ3v) is 3.62. The third-order valence-electron chi connectivity index (χ3n) is 3.62. The van der Waals surface area contributed by atoms with E-state index in [1.807, 2.05) is 0 Å². The highest BCUT2D eigenvalue weighted by atomic mass is 15.1. The fraction of sp³-hybridized carbons (Fsp3) is 0.462. The van der Waals surface area contributed by atoms with Crippen molar-refractivity contribution in [3.05, 3.63) is 35.4 Å². The molecule has 2 aromatic heterocycles. The summed E-state index contributed by atoms with van der Waals surface area (Å²) in [5, 5.41) is 0. The fourth-order valence-electron chi connectivity index (χ4n) is 2.48. The maximum absolute atomic E-state index is 5.76. The molecular weight excluding hydrogens is 198 g/mol. The molecule has 0 aliphatic heterocycles. The molecule has 0 atom stereocenters. The van der Waals surface area contributed by atoms with E-state index in [2.05, 4.69) is 29.5 Å². The molecule has 0 amide bonds. The Morgan fingerprint density at radius 2 is 2.25 bits per heavy atom. The first-order chi connectivity index (χ1) is 7.81. The van der Waals surface area contributed by atoms with Gasteiger partial charge in [0.2, 0.25) is 0 Å². The van der Waals surface area contributed by atoms with Crippen molar-refractivity contribution in [3.63, 3.8) is 0 Å². The molecule has 1 saturated carbocycles. The molecule has 3 nitrogen and oxygen atoms in total. The van der Waals surface area contributed by atoms with Gasteiger partial charge in [0.25, 0.3) is 0 Å². The van der Waals surface area contributed by atoms with Crippen molar-refractivity contribution >= 4 is 5.52 Å². The molecule has 3 rings (SSSR count). The summed E-state index contributed by atoms with van der Waals surface area (Å²) in [6.07, 6.45) is 3.89. The molecule has 0 aromatic carbocycles. The number of nitrogens with two attached hydrogens (primary N) is 1. The van der Waals surface area contributed by atoms with Crippen molar-refractivity contribution in [1.82, 2.24) is 9.38 Å². The summed E-state index contributed by atoms with van der Waals surface area (Å²) in [6, 6.07) is 6.33. The van der Waals surface area contributed by atoms with Crippen molar-refractivity contribution in [2.75, 3.05) is 0 Å². The Morgan fingerprint density at radius 3 is 2.88 bits per heavy atom.